The van der Waals surface area contributed by atoms with Gasteiger partial charge in [-0.1, -0.05) is 57.9 Å². The molecule has 13 nitrogen and oxygen atoms in total. The van der Waals surface area contributed by atoms with Crippen LogP contribution in [0.1, 0.15) is 95.2 Å². The molecule has 5 amide bonds. The van der Waals surface area contributed by atoms with Gasteiger partial charge in [0.15, 0.2) is 0 Å². The summed E-state index contributed by atoms with van der Waals surface area (Å²) in [6, 6.07) is 3.95. The zero-order chi connectivity index (χ0) is 36.0. The lowest BCUT2D eigenvalue weighted by atomic mass is 9.85. The minimum atomic E-state index is -3.89. The second-order valence-corrected chi connectivity index (χ2v) is 17.6. The molecule has 1 aromatic carbocycles. The summed E-state index contributed by atoms with van der Waals surface area (Å²) >= 11 is 0. The molecule has 2 saturated carbocycles. The number of ether oxygens (including phenoxy) is 1. The van der Waals surface area contributed by atoms with E-state index in [1.54, 1.807) is 4.90 Å². The Bertz CT molecular complexity index is 1680. The van der Waals surface area contributed by atoms with Gasteiger partial charge in [-0.2, -0.15) is 0 Å². The van der Waals surface area contributed by atoms with E-state index in [0.717, 1.165) is 36.8 Å². The lowest BCUT2D eigenvalue weighted by molar-refractivity contribution is -0.144. The van der Waals surface area contributed by atoms with E-state index in [2.05, 4.69) is 28.0 Å². The van der Waals surface area contributed by atoms with E-state index in [0.29, 0.717) is 32.4 Å². The number of amides is 5. The summed E-state index contributed by atoms with van der Waals surface area (Å²) in [7, 11) is -3.89. The third-order valence-corrected chi connectivity index (χ3v) is 12.5. The van der Waals surface area contributed by atoms with E-state index in [4.69, 9.17) is 4.74 Å². The van der Waals surface area contributed by atoms with Crippen molar-refractivity contribution in [2.24, 2.45) is 11.3 Å². The molecular formula is C36H49N5O8S. The lowest BCUT2D eigenvalue weighted by Crippen LogP contribution is -2.60. The Morgan fingerprint density at radius 3 is 2.40 bits per heavy atom. The fourth-order valence-corrected chi connectivity index (χ4v) is 8.83. The lowest BCUT2D eigenvalue weighted by Gasteiger charge is -2.35. The normalized spacial score (nSPS) is 29.2. The van der Waals surface area contributed by atoms with E-state index in [1.807, 2.05) is 32.9 Å². The first-order valence-corrected chi connectivity index (χ1v) is 19.3. The van der Waals surface area contributed by atoms with Crippen LogP contribution in [0.2, 0.25) is 0 Å². The third-order valence-electron chi connectivity index (χ3n) is 10.7. The van der Waals surface area contributed by atoms with E-state index in [9.17, 15) is 32.4 Å². The van der Waals surface area contributed by atoms with Gasteiger partial charge in [-0.3, -0.25) is 28.8 Å². The minimum absolute atomic E-state index is 0.0447. The topological polar surface area (TPSA) is 171 Å². The number of rotatable bonds is 6. The van der Waals surface area contributed by atoms with Gasteiger partial charge in [-0.25, -0.2) is 13.2 Å². The molecule has 0 unspecified atom stereocenters. The summed E-state index contributed by atoms with van der Waals surface area (Å²) < 4.78 is 33.4. The summed E-state index contributed by atoms with van der Waals surface area (Å²) in [5.74, 6) is -2.82. The van der Waals surface area contributed by atoms with E-state index in [-0.39, 0.29) is 31.7 Å². The molecule has 5 atom stereocenters. The number of benzene rings is 1. The van der Waals surface area contributed by atoms with Crippen LogP contribution in [0.5, 0.6) is 0 Å². The van der Waals surface area contributed by atoms with Crippen LogP contribution >= 0.6 is 0 Å². The van der Waals surface area contributed by atoms with Crippen molar-refractivity contribution in [1.82, 2.24) is 25.2 Å². The van der Waals surface area contributed by atoms with Gasteiger partial charge in [0.2, 0.25) is 27.7 Å². The van der Waals surface area contributed by atoms with E-state index in [1.165, 1.54) is 16.5 Å². The second-order valence-electron chi connectivity index (χ2n) is 15.6. The molecule has 50 heavy (non-hydrogen) atoms. The first-order valence-electron chi connectivity index (χ1n) is 17.8. The van der Waals surface area contributed by atoms with Crippen LogP contribution in [0.15, 0.2) is 30.9 Å². The summed E-state index contributed by atoms with van der Waals surface area (Å²) in [4.78, 5) is 71.6. The second kappa shape index (κ2) is 13.6. The molecule has 0 spiro atoms. The van der Waals surface area contributed by atoms with Crippen molar-refractivity contribution in [2.45, 2.75) is 127 Å². The van der Waals surface area contributed by atoms with Gasteiger partial charge >= 0.3 is 6.09 Å². The predicted octanol–water partition coefficient (Wildman–Crippen LogP) is 2.82. The fourth-order valence-electron chi connectivity index (χ4n) is 7.47. The first kappa shape index (κ1) is 35.9. The monoisotopic (exact) mass is 711 g/mol. The highest BCUT2D eigenvalue weighted by Gasteiger charge is 2.62. The molecule has 14 heteroatoms. The highest BCUT2D eigenvalue weighted by atomic mass is 32.2. The first-order chi connectivity index (χ1) is 23.6. The average molecular weight is 712 g/mol. The molecule has 3 fully saturated rings. The Morgan fingerprint density at radius 1 is 1.04 bits per heavy atom. The Hall–Kier alpha value is -3.94. The Balaban J connectivity index is 1.27. The molecule has 3 N–H and O–H groups in total. The van der Waals surface area contributed by atoms with Gasteiger partial charge in [0, 0.05) is 31.8 Å². The maximum absolute atomic E-state index is 14.4. The molecule has 2 aliphatic carbocycles. The van der Waals surface area contributed by atoms with E-state index >= 15 is 0 Å². The number of hydrogen-bond acceptors (Lipinski definition) is 8. The number of carbonyl (C=O) groups is 5. The van der Waals surface area contributed by atoms with Crippen molar-refractivity contribution in [3.63, 3.8) is 0 Å². The fraction of sp³-hybridized carbons (Fsp3) is 0.639. The molecule has 1 aromatic rings. The molecule has 3 heterocycles. The zero-order valence-corrected chi connectivity index (χ0v) is 30.0. The van der Waals surface area contributed by atoms with Gasteiger partial charge in [-0.15, -0.1) is 6.58 Å². The van der Waals surface area contributed by atoms with Crippen LogP contribution < -0.4 is 15.4 Å². The summed E-state index contributed by atoms with van der Waals surface area (Å²) in [5.41, 5.74) is 1.08. The molecule has 5 aliphatic rings. The maximum atomic E-state index is 14.4. The quantitative estimate of drug-likeness (QED) is 0.378. The predicted molar refractivity (Wildman–Crippen MR) is 184 cm³/mol. The number of carbonyl (C=O) groups excluding carboxylic acids is 5. The Kier molecular flexibility index (Phi) is 9.79. The highest BCUT2D eigenvalue weighted by molar-refractivity contribution is 7.91. The van der Waals surface area contributed by atoms with Gasteiger partial charge in [-0.05, 0) is 60.6 Å². The van der Waals surface area contributed by atoms with Crippen LogP contribution in [0.3, 0.4) is 0 Å². The van der Waals surface area contributed by atoms with Crippen molar-refractivity contribution >= 4 is 39.7 Å². The Morgan fingerprint density at radius 2 is 1.74 bits per heavy atom. The number of nitrogens with zero attached hydrogens (tertiary/aromatic N) is 2. The van der Waals surface area contributed by atoms with Crippen molar-refractivity contribution < 1.29 is 37.1 Å². The molecule has 0 radical (unpaired) electrons. The number of sulfonamides is 1. The van der Waals surface area contributed by atoms with Crippen LogP contribution in [0.25, 0.3) is 0 Å². The van der Waals surface area contributed by atoms with Gasteiger partial charge < -0.3 is 20.3 Å². The number of fused-ring (bicyclic) bond motifs is 3. The van der Waals surface area contributed by atoms with Crippen LogP contribution in [-0.2, 0) is 53.4 Å². The summed E-state index contributed by atoms with van der Waals surface area (Å²) in [6.45, 7) is 9.92. The number of nitrogens with one attached hydrogen (secondary N) is 3. The van der Waals surface area contributed by atoms with Gasteiger partial charge in [0.25, 0.3) is 5.91 Å². The Labute approximate surface area is 294 Å². The minimum Gasteiger partial charge on any atom is -0.444 e. The average Bonchev–Trinajstić information content (AvgIpc) is 3.94. The molecular weight excluding hydrogens is 662 g/mol. The van der Waals surface area contributed by atoms with Crippen LogP contribution in [0.4, 0.5) is 4.79 Å². The van der Waals surface area contributed by atoms with Crippen LogP contribution in [0, 0.1) is 11.3 Å². The molecule has 0 aromatic heterocycles. The SMILES string of the molecule is C=C[C@H]1C[C@]1(NC(=O)[C@@H]1C[C@@H]2CN1C(=O)[C@H](C(C)(C)C)NC(=O)CCCCCCc1cccc3c1CN(C3)C(=O)O2)C(=O)NS(=O)(=O)C1CC1. The maximum Gasteiger partial charge on any atom is 0.410 e. The van der Waals surface area contributed by atoms with Crippen LogP contribution in [-0.4, -0.2) is 83.5 Å². The number of aryl methyl sites for hydroxylation is 1. The molecule has 3 aliphatic heterocycles. The molecule has 272 valence electrons. The number of hydrogen-bond donors (Lipinski definition) is 3. The molecule has 6 rings (SSSR count). The zero-order valence-electron chi connectivity index (χ0n) is 29.2. The largest absolute Gasteiger partial charge is 0.444 e. The van der Waals surface area contributed by atoms with Gasteiger partial charge in [0.1, 0.15) is 23.7 Å². The van der Waals surface area contributed by atoms with Gasteiger partial charge in [0.05, 0.1) is 11.8 Å². The molecule has 1 saturated heterocycles. The highest BCUT2D eigenvalue weighted by Crippen LogP contribution is 2.45. The van der Waals surface area contributed by atoms with Crippen molar-refractivity contribution in [3.05, 3.63) is 47.5 Å². The third kappa shape index (κ3) is 7.40. The smallest absolute Gasteiger partial charge is 0.410 e. The van der Waals surface area contributed by atoms with Crippen molar-refractivity contribution in [3.8, 4) is 0 Å². The summed E-state index contributed by atoms with van der Waals surface area (Å²) in [5, 5.41) is 5.04. The van der Waals surface area contributed by atoms with E-state index < -0.39 is 74.1 Å². The standard InChI is InChI=1S/C36H49N5O8S/c1-5-24-18-36(24,33(45)39-50(47,48)26-15-16-26)38-31(43)28-17-25-20-41(28)32(44)30(35(2,3)4)37-29(42)14-9-7-6-8-11-22-12-10-13-23-19-40(21-27(22)23)34(46)49-25/h5,10,12-13,24-26,28,30H,1,6-9,11,14-21H2,2-4H3,(H,37,42)(H,38,43)(H,39,45)/t24-,25+,28-,30+,36+/m0/s1. The van der Waals surface area contributed by atoms with Crippen molar-refractivity contribution in [1.29, 1.82) is 0 Å². The molecule has 4 bridgehead atoms. The summed E-state index contributed by atoms with van der Waals surface area (Å²) in [6.07, 6.45) is 5.65. The van der Waals surface area contributed by atoms with Crippen molar-refractivity contribution in [2.75, 3.05) is 6.54 Å².